The first-order chi connectivity index (χ1) is 15.5. The van der Waals surface area contributed by atoms with Gasteiger partial charge in [-0.15, -0.1) is 0 Å². The predicted molar refractivity (Wildman–Crippen MR) is 124 cm³/mol. The summed E-state index contributed by atoms with van der Waals surface area (Å²) in [6, 6.07) is 9.07. The van der Waals surface area contributed by atoms with Gasteiger partial charge in [-0.3, -0.25) is 4.79 Å². The maximum absolute atomic E-state index is 12.7. The molecule has 0 atom stereocenters. The Morgan fingerprint density at radius 3 is 2.24 bits per heavy atom. The van der Waals surface area contributed by atoms with E-state index in [1.54, 1.807) is 39.2 Å². The van der Waals surface area contributed by atoms with E-state index in [-0.39, 0.29) is 30.6 Å². The second kappa shape index (κ2) is 9.33. The lowest BCUT2D eigenvalue weighted by Crippen LogP contribution is -2.34. The minimum absolute atomic E-state index is 0.0525. The Kier molecular flexibility index (Phi) is 6.91. The minimum atomic E-state index is -0.908. The molecular weight excluding hydrogens is 424 g/mol. The average molecular weight is 457 g/mol. The van der Waals surface area contributed by atoms with Crippen molar-refractivity contribution in [2.24, 2.45) is 10.8 Å². The van der Waals surface area contributed by atoms with E-state index in [2.05, 4.69) is 0 Å². The molecule has 0 bridgehead atoms. The Bertz CT molecular complexity index is 1050. The summed E-state index contributed by atoms with van der Waals surface area (Å²) in [5, 5.41) is 0. The number of cyclic esters (lactones) is 1. The molecule has 0 N–H and O–H groups in total. The van der Waals surface area contributed by atoms with Crippen LogP contribution in [0.25, 0.3) is 11.1 Å². The first-order valence-corrected chi connectivity index (χ1v) is 10.8. The second-order valence-electron chi connectivity index (χ2n) is 9.89. The Balaban J connectivity index is 1.98. The number of hydrogen-bond acceptors (Lipinski definition) is 7. The molecule has 0 unspecified atom stereocenters. The molecule has 2 aromatic carbocycles. The fourth-order valence-electron chi connectivity index (χ4n) is 3.44. The van der Waals surface area contributed by atoms with Crippen LogP contribution in [0.15, 0.2) is 30.3 Å². The monoisotopic (exact) mass is 456 g/mol. The van der Waals surface area contributed by atoms with Crippen molar-refractivity contribution >= 4 is 11.9 Å². The topological polar surface area (TPSA) is 80.3 Å². The van der Waals surface area contributed by atoms with Crippen LogP contribution in [0.2, 0.25) is 0 Å². The van der Waals surface area contributed by atoms with Gasteiger partial charge >= 0.3 is 11.9 Å². The molecule has 0 fully saturated rings. The summed E-state index contributed by atoms with van der Waals surface area (Å²) in [7, 11) is 3.07. The van der Waals surface area contributed by atoms with E-state index in [1.165, 1.54) is 7.11 Å². The Hall–Kier alpha value is -3.22. The van der Waals surface area contributed by atoms with Crippen LogP contribution in [0.1, 0.15) is 50.5 Å². The molecule has 0 aromatic heterocycles. The molecule has 0 saturated carbocycles. The molecule has 7 heteroatoms. The van der Waals surface area contributed by atoms with Gasteiger partial charge < -0.3 is 23.7 Å². The Morgan fingerprint density at radius 2 is 1.61 bits per heavy atom. The zero-order valence-electron chi connectivity index (χ0n) is 20.4. The summed E-state index contributed by atoms with van der Waals surface area (Å²) in [5.41, 5.74) is 1.77. The molecule has 0 spiro atoms. The first-order valence-electron chi connectivity index (χ1n) is 10.8. The molecule has 2 aromatic rings. The van der Waals surface area contributed by atoms with Crippen molar-refractivity contribution in [2.45, 2.75) is 41.2 Å². The van der Waals surface area contributed by atoms with Crippen molar-refractivity contribution in [1.29, 1.82) is 0 Å². The van der Waals surface area contributed by atoms with Crippen LogP contribution in [-0.4, -0.2) is 39.4 Å². The molecule has 1 aliphatic heterocycles. The summed E-state index contributed by atoms with van der Waals surface area (Å²) >= 11 is 0. The standard InChI is InChI=1S/C26H32O7/c1-25(2,3)14-33-24(28)26(4,5)15-32-21-17(11-12-20(29-6)22(21)30-7)16-9-8-10-18-19(16)13-31-23(18)27/h8-12H,13-15H2,1-7H3. The lowest BCUT2D eigenvalue weighted by molar-refractivity contribution is -0.158. The van der Waals surface area contributed by atoms with Crippen LogP contribution < -0.4 is 14.2 Å². The van der Waals surface area contributed by atoms with Crippen molar-refractivity contribution in [3.05, 3.63) is 41.5 Å². The van der Waals surface area contributed by atoms with Crippen LogP contribution in [0, 0.1) is 10.8 Å². The third-order valence-electron chi connectivity index (χ3n) is 5.30. The van der Waals surface area contributed by atoms with Gasteiger partial charge in [0.25, 0.3) is 0 Å². The molecule has 3 rings (SSSR count). The number of ether oxygens (including phenoxy) is 5. The van der Waals surface area contributed by atoms with Gasteiger partial charge in [0.2, 0.25) is 5.75 Å². The molecule has 0 radical (unpaired) electrons. The zero-order chi connectivity index (χ0) is 24.4. The van der Waals surface area contributed by atoms with E-state index < -0.39 is 5.41 Å². The van der Waals surface area contributed by atoms with E-state index in [1.807, 2.05) is 32.9 Å². The third kappa shape index (κ3) is 5.24. The summed E-state index contributed by atoms with van der Waals surface area (Å²) in [5.74, 6) is 0.611. The molecule has 178 valence electrons. The van der Waals surface area contributed by atoms with Crippen molar-refractivity contribution < 1.29 is 33.3 Å². The van der Waals surface area contributed by atoms with Gasteiger partial charge in [0.05, 0.1) is 31.8 Å². The first kappa shape index (κ1) is 24.4. The van der Waals surface area contributed by atoms with Gasteiger partial charge in [-0.25, -0.2) is 4.79 Å². The predicted octanol–water partition coefficient (Wildman–Crippen LogP) is 5.04. The van der Waals surface area contributed by atoms with Gasteiger partial charge in [0, 0.05) is 11.1 Å². The number of fused-ring (bicyclic) bond motifs is 1. The number of rotatable bonds is 8. The zero-order valence-corrected chi connectivity index (χ0v) is 20.4. The number of esters is 2. The molecule has 1 aliphatic rings. The van der Waals surface area contributed by atoms with Crippen LogP contribution in [-0.2, 0) is 20.9 Å². The van der Waals surface area contributed by atoms with Crippen LogP contribution >= 0.6 is 0 Å². The highest BCUT2D eigenvalue weighted by atomic mass is 16.6. The number of benzene rings is 2. The quantitative estimate of drug-likeness (QED) is 0.515. The average Bonchev–Trinajstić information content (AvgIpc) is 3.15. The van der Waals surface area contributed by atoms with Crippen molar-refractivity contribution in [3.63, 3.8) is 0 Å². The molecule has 7 nitrogen and oxygen atoms in total. The number of carbonyl (C=O) groups is 2. The summed E-state index contributed by atoms with van der Waals surface area (Å²) in [4.78, 5) is 24.8. The van der Waals surface area contributed by atoms with Crippen molar-refractivity contribution in [1.82, 2.24) is 0 Å². The number of methoxy groups -OCH3 is 2. The lowest BCUT2D eigenvalue weighted by atomic mass is 9.93. The summed E-state index contributed by atoms with van der Waals surface area (Å²) in [6.07, 6.45) is 0. The van der Waals surface area contributed by atoms with Crippen LogP contribution in [0.5, 0.6) is 17.2 Å². The molecular formula is C26H32O7. The van der Waals surface area contributed by atoms with Crippen LogP contribution in [0.3, 0.4) is 0 Å². The van der Waals surface area contributed by atoms with Crippen molar-refractivity contribution in [2.75, 3.05) is 27.4 Å². The Morgan fingerprint density at radius 1 is 0.909 bits per heavy atom. The fraction of sp³-hybridized carbons (Fsp3) is 0.462. The molecule has 0 aliphatic carbocycles. The Labute approximate surface area is 194 Å². The van der Waals surface area contributed by atoms with Gasteiger partial charge in [-0.1, -0.05) is 32.9 Å². The lowest BCUT2D eigenvalue weighted by Gasteiger charge is -2.27. The van der Waals surface area contributed by atoms with Gasteiger partial charge in [0.1, 0.15) is 13.2 Å². The minimum Gasteiger partial charge on any atom is -0.493 e. The normalized spacial score (nSPS) is 13.2. The van der Waals surface area contributed by atoms with Gasteiger partial charge in [-0.2, -0.15) is 0 Å². The van der Waals surface area contributed by atoms with E-state index in [0.717, 1.165) is 11.1 Å². The van der Waals surface area contributed by atoms with E-state index in [0.29, 0.717) is 35.0 Å². The summed E-state index contributed by atoms with van der Waals surface area (Å²) in [6.45, 7) is 10.1. The second-order valence-corrected chi connectivity index (χ2v) is 9.89. The summed E-state index contributed by atoms with van der Waals surface area (Å²) < 4.78 is 28.1. The molecule has 0 saturated heterocycles. The highest BCUT2D eigenvalue weighted by Gasteiger charge is 2.33. The molecule has 33 heavy (non-hydrogen) atoms. The third-order valence-corrected chi connectivity index (χ3v) is 5.30. The largest absolute Gasteiger partial charge is 0.493 e. The van der Waals surface area contributed by atoms with Gasteiger partial charge in [0.15, 0.2) is 11.5 Å². The highest BCUT2D eigenvalue weighted by molar-refractivity contribution is 5.96. The van der Waals surface area contributed by atoms with Crippen LogP contribution in [0.4, 0.5) is 0 Å². The smallest absolute Gasteiger partial charge is 0.338 e. The number of carbonyl (C=O) groups excluding carboxylic acids is 2. The van der Waals surface area contributed by atoms with E-state index >= 15 is 0 Å². The highest BCUT2D eigenvalue weighted by Crippen LogP contribution is 2.46. The van der Waals surface area contributed by atoms with Crippen molar-refractivity contribution in [3.8, 4) is 28.4 Å². The molecule has 0 amide bonds. The fourth-order valence-corrected chi connectivity index (χ4v) is 3.44. The maximum atomic E-state index is 12.7. The van der Waals surface area contributed by atoms with Gasteiger partial charge in [-0.05, 0) is 43.0 Å². The van der Waals surface area contributed by atoms with E-state index in [9.17, 15) is 9.59 Å². The number of hydrogen-bond donors (Lipinski definition) is 0. The molecule has 1 heterocycles. The SMILES string of the molecule is COc1ccc(-c2cccc3c2COC3=O)c(OCC(C)(C)C(=O)OCC(C)(C)C)c1OC. The van der Waals surface area contributed by atoms with E-state index in [4.69, 9.17) is 23.7 Å². The maximum Gasteiger partial charge on any atom is 0.338 e.